The SMILES string of the molecule is CC(C)(N)CC(=O)N[C@@H](CO)c1ccccc1. The average molecular weight is 236 g/mol. The zero-order valence-electron chi connectivity index (χ0n) is 10.3. The van der Waals surface area contributed by atoms with Crippen molar-refractivity contribution in [2.75, 3.05) is 6.61 Å². The van der Waals surface area contributed by atoms with Crippen LogP contribution in [0.25, 0.3) is 0 Å². The van der Waals surface area contributed by atoms with Crippen LogP contribution in [0.1, 0.15) is 31.9 Å². The molecule has 0 saturated heterocycles. The maximum absolute atomic E-state index is 11.7. The molecule has 17 heavy (non-hydrogen) atoms. The van der Waals surface area contributed by atoms with Crippen molar-refractivity contribution < 1.29 is 9.90 Å². The fourth-order valence-corrected chi connectivity index (χ4v) is 1.58. The van der Waals surface area contributed by atoms with E-state index < -0.39 is 5.54 Å². The number of carbonyl (C=O) groups excluding carboxylic acids is 1. The standard InChI is InChI=1S/C13H20N2O2/c1-13(2,14)8-12(17)15-11(9-16)10-6-4-3-5-7-10/h3-7,11,16H,8-9,14H2,1-2H3,(H,15,17)/t11-/m0/s1. The van der Waals surface area contributed by atoms with Gasteiger partial charge in [-0.2, -0.15) is 0 Å². The number of hydrogen-bond acceptors (Lipinski definition) is 3. The minimum Gasteiger partial charge on any atom is -0.394 e. The van der Waals surface area contributed by atoms with Crippen LogP contribution in [0.3, 0.4) is 0 Å². The van der Waals surface area contributed by atoms with Gasteiger partial charge in [0.25, 0.3) is 0 Å². The van der Waals surface area contributed by atoms with E-state index in [1.807, 2.05) is 30.3 Å². The number of amides is 1. The Balaban J connectivity index is 2.62. The number of benzene rings is 1. The third kappa shape index (κ3) is 4.97. The van der Waals surface area contributed by atoms with E-state index in [2.05, 4.69) is 5.32 Å². The van der Waals surface area contributed by atoms with Gasteiger partial charge in [-0.1, -0.05) is 30.3 Å². The van der Waals surface area contributed by atoms with Crippen LogP contribution in [-0.2, 0) is 4.79 Å². The summed E-state index contributed by atoms with van der Waals surface area (Å²) in [5.41, 5.74) is 6.12. The highest BCUT2D eigenvalue weighted by atomic mass is 16.3. The molecule has 1 rings (SSSR count). The highest BCUT2D eigenvalue weighted by Crippen LogP contribution is 2.12. The predicted octanol–water partition coefficient (Wildman–Crippen LogP) is 0.964. The Morgan fingerprint density at radius 3 is 2.47 bits per heavy atom. The summed E-state index contributed by atoms with van der Waals surface area (Å²) in [4.78, 5) is 11.7. The van der Waals surface area contributed by atoms with Gasteiger partial charge < -0.3 is 16.2 Å². The number of hydrogen-bond donors (Lipinski definition) is 3. The molecule has 0 aromatic heterocycles. The van der Waals surface area contributed by atoms with Crippen molar-refractivity contribution in [3.05, 3.63) is 35.9 Å². The Morgan fingerprint density at radius 2 is 2.00 bits per heavy atom. The van der Waals surface area contributed by atoms with E-state index in [-0.39, 0.29) is 25.0 Å². The van der Waals surface area contributed by atoms with Crippen LogP contribution in [0.2, 0.25) is 0 Å². The van der Waals surface area contributed by atoms with Gasteiger partial charge in [-0.05, 0) is 19.4 Å². The second-order valence-electron chi connectivity index (χ2n) is 4.88. The molecule has 4 nitrogen and oxygen atoms in total. The van der Waals surface area contributed by atoms with Crippen LogP contribution in [0, 0.1) is 0 Å². The lowest BCUT2D eigenvalue weighted by Gasteiger charge is -2.21. The van der Waals surface area contributed by atoms with Crippen LogP contribution >= 0.6 is 0 Å². The Hall–Kier alpha value is -1.39. The number of aliphatic hydroxyl groups excluding tert-OH is 1. The summed E-state index contributed by atoms with van der Waals surface area (Å²) >= 11 is 0. The van der Waals surface area contributed by atoms with E-state index in [1.165, 1.54) is 0 Å². The molecule has 1 atom stereocenters. The molecule has 0 bridgehead atoms. The Kier molecular flexibility index (Phi) is 4.66. The van der Waals surface area contributed by atoms with E-state index in [4.69, 9.17) is 5.73 Å². The molecule has 0 radical (unpaired) electrons. The Bertz CT molecular complexity index is 357. The van der Waals surface area contributed by atoms with Gasteiger partial charge in [-0.3, -0.25) is 4.79 Å². The molecule has 0 fully saturated rings. The zero-order chi connectivity index (χ0) is 12.9. The van der Waals surface area contributed by atoms with Gasteiger partial charge in [0.1, 0.15) is 0 Å². The molecule has 1 aromatic carbocycles. The first-order chi connectivity index (χ1) is 7.92. The number of rotatable bonds is 5. The number of nitrogens with one attached hydrogen (secondary N) is 1. The highest BCUT2D eigenvalue weighted by Gasteiger charge is 2.19. The van der Waals surface area contributed by atoms with Crippen LogP contribution in [0.5, 0.6) is 0 Å². The van der Waals surface area contributed by atoms with Crippen molar-refractivity contribution in [3.63, 3.8) is 0 Å². The number of carbonyl (C=O) groups is 1. The van der Waals surface area contributed by atoms with Gasteiger partial charge in [0.2, 0.25) is 5.91 Å². The second kappa shape index (κ2) is 5.80. The van der Waals surface area contributed by atoms with Crippen molar-refractivity contribution in [2.24, 2.45) is 5.73 Å². The maximum Gasteiger partial charge on any atom is 0.222 e. The van der Waals surface area contributed by atoms with Crippen molar-refractivity contribution in [1.29, 1.82) is 0 Å². The summed E-state index contributed by atoms with van der Waals surface area (Å²) in [6.45, 7) is 3.47. The Morgan fingerprint density at radius 1 is 1.41 bits per heavy atom. The smallest absolute Gasteiger partial charge is 0.222 e. The van der Waals surface area contributed by atoms with E-state index in [0.717, 1.165) is 5.56 Å². The number of nitrogens with two attached hydrogens (primary N) is 1. The monoisotopic (exact) mass is 236 g/mol. The molecule has 1 aromatic rings. The zero-order valence-corrected chi connectivity index (χ0v) is 10.3. The summed E-state index contributed by atoms with van der Waals surface area (Å²) in [5, 5.41) is 12.1. The summed E-state index contributed by atoms with van der Waals surface area (Å²) < 4.78 is 0. The van der Waals surface area contributed by atoms with Crippen molar-refractivity contribution in [3.8, 4) is 0 Å². The van der Waals surface area contributed by atoms with Crippen LogP contribution in [0.15, 0.2) is 30.3 Å². The molecular formula is C13H20N2O2. The van der Waals surface area contributed by atoms with Gasteiger partial charge in [0, 0.05) is 12.0 Å². The third-order valence-corrected chi connectivity index (χ3v) is 2.34. The largest absolute Gasteiger partial charge is 0.394 e. The molecule has 0 unspecified atom stereocenters. The third-order valence-electron chi connectivity index (χ3n) is 2.34. The van der Waals surface area contributed by atoms with Gasteiger partial charge in [0.05, 0.1) is 12.6 Å². The molecule has 0 spiro atoms. The lowest BCUT2D eigenvalue weighted by atomic mass is 10.0. The Labute approximate surface area is 102 Å². The summed E-state index contributed by atoms with van der Waals surface area (Å²) in [6, 6.07) is 9.01. The van der Waals surface area contributed by atoms with E-state index in [0.29, 0.717) is 0 Å². The fraction of sp³-hybridized carbons (Fsp3) is 0.462. The van der Waals surface area contributed by atoms with Crippen LogP contribution in [-0.4, -0.2) is 23.2 Å². The summed E-state index contributed by atoms with van der Waals surface area (Å²) in [6.07, 6.45) is 0.232. The topological polar surface area (TPSA) is 75.4 Å². The van der Waals surface area contributed by atoms with Crippen molar-refractivity contribution in [2.45, 2.75) is 31.8 Å². The molecule has 0 aliphatic carbocycles. The first-order valence-electron chi connectivity index (χ1n) is 5.66. The van der Waals surface area contributed by atoms with Crippen LogP contribution < -0.4 is 11.1 Å². The van der Waals surface area contributed by atoms with Crippen molar-refractivity contribution >= 4 is 5.91 Å². The van der Waals surface area contributed by atoms with E-state index >= 15 is 0 Å². The van der Waals surface area contributed by atoms with E-state index in [9.17, 15) is 9.90 Å². The molecule has 1 amide bonds. The number of aliphatic hydroxyl groups is 1. The lowest BCUT2D eigenvalue weighted by molar-refractivity contribution is -0.123. The molecule has 0 aliphatic heterocycles. The van der Waals surface area contributed by atoms with Gasteiger partial charge in [-0.25, -0.2) is 0 Å². The van der Waals surface area contributed by atoms with E-state index in [1.54, 1.807) is 13.8 Å². The molecule has 0 heterocycles. The maximum atomic E-state index is 11.7. The highest BCUT2D eigenvalue weighted by molar-refractivity contribution is 5.77. The predicted molar refractivity (Wildman–Crippen MR) is 67.3 cm³/mol. The minimum absolute atomic E-state index is 0.124. The first-order valence-corrected chi connectivity index (χ1v) is 5.66. The fourth-order valence-electron chi connectivity index (χ4n) is 1.58. The van der Waals surface area contributed by atoms with Gasteiger partial charge in [0.15, 0.2) is 0 Å². The van der Waals surface area contributed by atoms with Crippen LogP contribution in [0.4, 0.5) is 0 Å². The molecule has 0 saturated carbocycles. The summed E-state index contributed by atoms with van der Waals surface area (Å²) in [5.74, 6) is -0.152. The summed E-state index contributed by atoms with van der Waals surface area (Å²) in [7, 11) is 0. The molecule has 0 aliphatic rings. The lowest BCUT2D eigenvalue weighted by Crippen LogP contribution is -2.40. The normalized spacial score (nSPS) is 13.2. The quantitative estimate of drug-likeness (QED) is 0.713. The molecule has 4 heteroatoms. The second-order valence-corrected chi connectivity index (χ2v) is 4.88. The van der Waals surface area contributed by atoms with Gasteiger partial charge in [-0.15, -0.1) is 0 Å². The first kappa shape index (κ1) is 13.7. The van der Waals surface area contributed by atoms with Crippen molar-refractivity contribution in [1.82, 2.24) is 5.32 Å². The molecule has 94 valence electrons. The molecule has 4 N–H and O–H groups in total. The minimum atomic E-state index is -0.541. The molecular weight excluding hydrogens is 216 g/mol. The van der Waals surface area contributed by atoms with Gasteiger partial charge >= 0.3 is 0 Å². The average Bonchev–Trinajstić information content (AvgIpc) is 2.24.